The Bertz CT molecular complexity index is 1080. The second kappa shape index (κ2) is 9.13. The number of carbonyl (C=O) groups excluding carboxylic acids is 2. The largest absolute Gasteiger partial charge is 0.341 e. The van der Waals surface area contributed by atoms with Crippen LogP contribution in [0.5, 0.6) is 0 Å². The highest BCUT2D eigenvalue weighted by Crippen LogP contribution is 2.35. The number of benzene rings is 3. The van der Waals surface area contributed by atoms with Gasteiger partial charge in [0.15, 0.2) is 0 Å². The first-order valence-electron chi connectivity index (χ1n) is 10.0. The predicted octanol–water partition coefficient (Wildman–Crippen LogP) is 4.38. The highest BCUT2D eigenvalue weighted by molar-refractivity contribution is 6.43. The average molecular weight is 413 g/mol. The minimum absolute atomic E-state index is 0.0523. The quantitative estimate of drug-likeness (QED) is 0.580. The minimum atomic E-state index is -0.301. The molecule has 0 fully saturated rings. The van der Waals surface area contributed by atoms with Crippen molar-refractivity contribution in [3.8, 4) is 0 Å². The first kappa shape index (κ1) is 20.2. The molecule has 1 atom stereocenters. The van der Waals surface area contributed by atoms with Gasteiger partial charge in [0.25, 0.3) is 5.91 Å². The lowest BCUT2D eigenvalue weighted by Gasteiger charge is -2.23. The number of urea groups is 1. The zero-order valence-electron chi connectivity index (χ0n) is 17.1. The lowest BCUT2D eigenvalue weighted by molar-refractivity contribution is -0.110. The molecule has 1 unspecified atom stereocenters. The smallest absolute Gasteiger partial charge is 0.318 e. The van der Waals surface area contributed by atoms with Crippen LogP contribution in [0.15, 0.2) is 90.0 Å². The molecular formula is C24H23N5O2. The third kappa shape index (κ3) is 4.72. The lowest BCUT2D eigenvalue weighted by Crippen LogP contribution is -2.24. The minimum Gasteiger partial charge on any atom is -0.341 e. The molecular weight excluding hydrogens is 390 g/mol. The molecule has 0 radical (unpaired) electrons. The molecule has 3 N–H and O–H groups in total. The van der Waals surface area contributed by atoms with Crippen molar-refractivity contribution in [2.45, 2.75) is 12.5 Å². The summed E-state index contributed by atoms with van der Waals surface area (Å²) >= 11 is 0. The van der Waals surface area contributed by atoms with Gasteiger partial charge in [-0.25, -0.2) is 4.79 Å². The first-order valence-corrected chi connectivity index (χ1v) is 10.0. The third-order valence-electron chi connectivity index (χ3n) is 5.01. The van der Waals surface area contributed by atoms with Gasteiger partial charge in [0.1, 0.15) is 5.71 Å². The summed E-state index contributed by atoms with van der Waals surface area (Å²) in [4.78, 5) is 24.3. The molecule has 1 aliphatic heterocycles. The number of carbonyl (C=O) groups is 2. The van der Waals surface area contributed by atoms with Crippen LogP contribution in [-0.2, 0) is 4.79 Å². The maximum absolute atomic E-state index is 12.9. The van der Waals surface area contributed by atoms with Crippen LogP contribution in [0.1, 0.15) is 18.0 Å². The second-order valence-corrected chi connectivity index (χ2v) is 7.09. The van der Waals surface area contributed by atoms with E-state index in [4.69, 9.17) is 0 Å². The van der Waals surface area contributed by atoms with E-state index in [9.17, 15) is 9.59 Å². The van der Waals surface area contributed by atoms with Gasteiger partial charge in [0.2, 0.25) is 0 Å². The summed E-state index contributed by atoms with van der Waals surface area (Å²) in [5.74, 6) is -0.244. The fourth-order valence-corrected chi connectivity index (χ4v) is 3.43. The third-order valence-corrected chi connectivity index (χ3v) is 5.01. The van der Waals surface area contributed by atoms with Gasteiger partial charge in [-0.1, -0.05) is 48.5 Å². The van der Waals surface area contributed by atoms with Crippen molar-refractivity contribution in [1.29, 1.82) is 0 Å². The van der Waals surface area contributed by atoms with E-state index in [0.717, 1.165) is 11.3 Å². The van der Waals surface area contributed by atoms with E-state index >= 15 is 0 Å². The van der Waals surface area contributed by atoms with Gasteiger partial charge in [-0.15, -0.1) is 0 Å². The number of nitrogens with zero attached hydrogens (tertiary/aromatic N) is 2. The highest BCUT2D eigenvalue weighted by atomic mass is 16.2. The first-order chi connectivity index (χ1) is 15.1. The van der Waals surface area contributed by atoms with Crippen molar-refractivity contribution in [3.05, 3.63) is 90.5 Å². The molecule has 7 nitrogen and oxygen atoms in total. The molecule has 7 heteroatoms. The van der Waals surface area contributed by atoms with Crippen LogP contribution in [0.2, 0.25) is 0 Å². The zero-order valence-corrected chi connectivity index (χ0v) is 17.1. The maximum atomic E-state index is 12.9. The molecule has 31 heavy (non-hydrogen) atoms. The highest BCUT2D eigenvalue weighted by Gasteiger charge is 2.32. The molecule has 3 aromatic rings. The van der Waals surface area contributed by atoms with Crippen molar-refractivity contribution in [3.63, 3.8) is 0 Å². The Morgan fingerprint density at radius 2 is 1.42 bits per heavy atom. The van der Waals surface area contributed by atoms with Crippen molar-refractivity contribution in [1.82, 2.24) is 5.32 Å². The fourth-order valence-electron chi connectivity index (χ4n) is 3.43. The van der Waals surface area contributed by atoms with E-state index < -0.39 is 0 Å². The van der Waals surface area contributed by atoms with Crippen LogP contribution in [0, 0.1) is 0 Å². The van der Waals surface area contributed by atoms with E-state index in [1.54, 1.807) is 31.3 Å². The molecule has 0 spiro atoms. The number of amides is 3. The summed E-state index contributed by atoms with van der Waals surface area (Å²) in [6.45, 7) is 0. The van der Waals surface area contributed by atoms with Gasteiger partial charge >= 0.3 is 6.03 Å². The topological polar surface area (TPSA) is 85.8 Å². The monoisotopic (exact) mass is 413 g/mol. The summed E-state index contributed by atoms with van der Waals surface area (Å²) in [6.07, 6.45) is 0.501. The van der Waals surface area contributed by atoms with Crippen LogP contribution in [0.4, 0.5) is 21.9 Å². The molecule has 0 bridgehead atoms. The molecule has 0 saturated carbocycles. The Kier molecular flexibility index (Phi) is 5.93. The Balaban J connectivity index is 1.52. The Morgan fingerprint density at radius 1 is 0.839 bits per heavy atom. The molecule has 0 aromatic heterocycles. The molecule has 3 aromatic carbocycles. The number of hydrogen-bond acceptors (Lipinski definition) is 4. The van der Waals surface area contributed by atoms with E-state index in [1.807, 2.05) is 53.5 Å². The summed E-state index contributed by atoms with van der Waals surface area (Å²) in [6, 6.07) is 26.5. The van der Waals surface area contributed by atoms with Crippen molar-refractivity contribution >= 4 is 34.7 Å². The van der Waals surface area contributed by atoms with Gasteiger partial charge < -0.3 is 16.0 Å². The van der Waals surface area contributed by atoms with Crippen LogP contribution in [-0.4, -0.2) is 24.7 Å². The lowest BCUT2D eigenvalue weighted by atomic mass is 10.0. The number of hydrazone groups is 1. The predicted molar refractivity (Wildman–Crippen MR) is 123 cm³/mol. The van der Waals surface area contributed by atoms with Gasteiger partial charge in [-0.05, 0) is 42.0 Å². The van der Waals surface area contributed by atoms with Crippen LogP contribution in [0.3, 0.4) is 0 Å². The summed E-state index contributed by atoms with van der Waals surface area (Å²) in [5.41, 5.74) is 3.76. The number of rotatable bonds is 5. The van der Waals surface area contributed by atoms with Crippen molar-refractivity contribution in [2.24, 2.45) is 5.10 Å². The van der Waals surface area contributed by atoms with Gasteiger partial charge in [-0.3, -0.25) is 9.80 Å². The summed E-state index contributed by atoms with van der Waals surface area (Å²) in [7, 11) is 1.55. The SMILES string of the molecule is CNC(=O)Nc1ccc(NC(=O)C2=NN(c3ccccc3)C(c3ccccc3)C2)cc1. The normalized spacial score (nSPS) is 15.2. The number of nitrogens with one attached hydrogen (secondary N) is 3. The standard InChI is InChI=1S/C24H23N5O2/c1-25-24(31)27-19-14-12-18(13-15-19)26-23(30)21-16-22(17-8-4-2-5-9-17)29(28-21)20-10-6-3-7-11-20/h2-15,22H,16H2,1H3,(H,26,30)(H2,25,27,31). The van der Waals surface area contributed by atoms with E-state index in [-0.39, 0.29) is 18.0 Å². The van der Waals surface area contributed by atoms with Gasteiger partial charge in [-0.2, -0.15) is 5.10 Å². The molecule has 0 aliphatic carbocycles. The molecule has 1 heterocycles. The fraction of sp³-hybridized carbons (Fsp3) is 0.125. The van der Waals surface area contributed by atoms with Crippen molar-refractivity contribution in [2.75, 3.05) is 22.7 Å². The summed E-state index contributed by atoms with van der Waals surface area (Å²) in [5, 5.41) is 14.6. The molecule has 0 saturated heterocycles. The second-order valence-electron chi connectivity index (χ2n) is 7.09. The van der Waals surface area contributed by atoms with E-state index in [1.165, 1.54) is 0 Å². The zero-order chi connectivity index (χ0) is 21.6. The van der Waals surface area contributed by atoms with Gasteiger partial charge in [0.05, 0.1) is 11.7 Å². The number of hydrogen-bond donors (Lipinski definition) is 3. The van der Waals surface area contributed by atoms with Gasteiger partial charge in [0, 0.05) is 24.8 Å². The number of anilines is 3. The Morgan fingerprint density at radius 3 is 2.03 bits per heavy atom. The van der Waals surface area contributed by atoms with E-state index in [0.29, 0.717) is 23.5 Å². The van der Waals surface area contributed by atoms with E-state index in [2.05, 4.69) is 33.2 Å². The molecule has 1 aliphatic rings. The van der Waals surface area contributed by atoms with Crippen molar-refractivity contribution < 1.29 is 9.59 Å². The molecule has 156 valence electrons. The Labute approximate surface area is 180 Å². The number of para-hydroxylation sites is 1. The molecule has 3 amide bonds. The summed E-state index contributed by atoms with van der Waals surface area (Å²) < 4.78 is 0. The van der Waals surface area contributed by atoms with Crippen LogP contribution in [0.25, 0.3) is 0 Å². The maximum Gasteiger partial charge on any atom is 0.318 e. The van der Waals surface area contributed by atoms with Crippen LogP contribution >= 0.6 is 0 Å². The Hall–Kier alpha value is -4.13. The average Bonchev–Trinajstić information content (AvgIpc) is 3.27. The molecule has 4 rings (SSSR count). The van der Waals surface area contributed by atoms with Crippen LogP contribution < -0.4 is 21.0 Å².